The topological polar surface area (TPSA) is 81.7 Å². The summed E-state index contributed by atoms with van der Waals surface area (Å²) in [6.45, 7) is 7.03. The van der Waals surface area contributed by atoms with Gasteiger partial charge in [-0.05, 0) is 31.9 Å². The van der Waals surface area contributed by atoms with Crippen LogP contribution in [0.5, 0.6) is 0 Å². The predicted octanol–water partition coefficient (Wildman–Crippen LogP) is 1.68. The first-order valence-corrected chi connectivity index (χ1v) is 9.16. The lowest BCUT2D eigenvalue weighted by molar-refractivity contribution is -0.119. The number of carbonyl (C=O) groups is 1. The highest BCUT2D eigenvalue weighted by Gasteiger charge is 2.42. The van der Waals surface area contributed by atoms with Crippen LogP contribution < -0.4 is 16.0 Å². The number of nitrogens with zero attached hydrogens (tertiary/aromatic N) is 3. The van der Waals surface area contributed by atoms with Gasteiger partial charge in [-0.1, -0.05) is 6.07 Å². The molecular formula is C18H29IN6O. The molecule has 1 spiro atoms. The predicted molar refractivity (Wildman–Crippen MR) is 115 cm³/mol. The maximum absolute atomic E-state index is 11.7. The number of guanidine groups is 1. The number of nitrogens with one attached hydrogen (secondary N) is 3. The summed E-state index contributed by atoms with van der Waals surface area (Å²) >= 11 is 0. The Balaban J connectivity index is 0.00000243. The number of pyridine rings is 1. The third-order valence-corrected chi connectivity index (χ3v) is 4.84. The van der Waals surface area contributed by atoms with Crippen molar-refractivity contribution >= 4 is 41.7 Å². The Labute approximate surface area is 172 Å². The van der Waals surface area contributed by atoms with E-state index in [1.165, 1.54) is 0 Å². The van der Waals surface area contributed by atoms with Crippen LogP contribution in [-0.2, 0) is 4.79 Å². The molecule has 3 rings (SSSR count). The molecule has 2 saturated heterocycles. The highest BCUT2D eigenvalue weighted by molar-refractivity contribution is 14.0. The van der Waals surface area contributed by atoms with E-state index in [0.717, 1.165) is 57.3 Å². The first kappa shape index (κ1) is 20.7. The van der Waals surface area contributed by atoms with Crippen molar-refractivity contribution in [3.63, 3.8) is 0 Å². The van der Waals surface area contributed by atoms with E-state index >= 15 is 0 Å². The molecule has 0 saturated carbocycles. The van der Waals surface area contributed by atoms with Crippen molar-refractivity contribution in [2.24, 2.45) is 10.4 Å². The highest BCUT2D eigenvalue weighted by Crippen LogP contribution is 2.35. The van der Waals surface area contributed by atoms with E-state index in [2.05, 4.69) is 32.8 Å². The molecule has 1 aromatic heterocycles. The van der Waals surface area contributed by atoms with E-state index in [0.29, 0.717) is 13.0 Å². The summed E-state index contributed by atoms with van der Waals surface area (Å²) < 4.78 is 0. The van der Waals surface area contributed by atoms with E-state index < -0.39 is 0 Å². The van der Waals surface area contributed by atoms with Crippen molar-refractivity contribution in [2.75, 3.05) is 44.6 Å². The average Bonchev–Trinajstić information content (AvgIpc) is 2.98. The first-order valence-electron chi connectivity index (χ1n) is 9.16. The monoisotopic (exact) mass is 472 g/mol. The van der Waals surface area contributed by atoms with Crippen LogP contribution in [0.25, 0.3) is 0 Å². The zero-order valence-corrected chi connectivity index (χ0v) is 17.7. The van der Waals surface area contributed by atoms with Crippen LogP contribution in [0.15, 0.2) is 29.4 Å². The van der Waals surface area contributed by atoms with Crippen LogP contribution in [0.3, 0.4) is 0 Å². The van der Waals surface area contributed by atoms with Crippen LogP contribution >= 0.6 is 24.0 Å². The van der Waals surface area contributed by atoms with Crippen LogP contribution in [0.1, 0.15) is 26.2 Å². The molecule has 3 N–H and O–H groups in total. The van der Waals surface area contributed by atoms with Gasteiger partial charge in [0.25, 0.3) is 0 Å². The SMILES string of the molecule is CCNC(=NCCNc1ccccn1)N1CCCC2(CNC(=O)C2)C1.I. The van der Waals surface area contributed by atoms with Gasteiger partial charge < -0.3 is 20.9 Å². The highest BCUT2D eigenvalue weighted by atomic mass is 127. The molecule has 0 bridgehead atoms. The quantitative estimate of drug-likeness (QED) is 0.263. The largest absolute Gasteiger partial charge is 0.368 e. The Bertz CT molecular complexity index is 611. The van der Waals surface area contributed by atoms with Crippen molar-refractivity contribution in [2.45, 2.75) is 26.2 Å². The first-order chi connectivity index (χ1) is 12.2. The molecule has 2 aliphatic rings. The molecule has 8 heteroatoms. The summed E-state index contributed by atoms with van der Waals surface area (Å²) in [5.41, 5.74) is 0.0811. The fourth-order valence-corrected chi connectivity index (χ4v) is 3.67. The van der Waals surface area contributed by atoms with Gasteiger partial charge in [0.1, 0.15) is 5.82 Å². The Hall–Kier alpha value is -1.58. The summed E-state index contributed by atoms with van der Waals surface area (Å²) in [5.74, 6) is 2.00. The van der Waals surface area contributed by atoms with E-state index in [4.69, 9.17) is 4.99 Å². The van der Waals surface area contributed by atoms with E-state index in [1.54, 1.807) is 6.20 Å². The van der Waals surface area contributed by atoms with Crippen LogP contribution in [-0.4, -0.2) is 61.0 Å². The zero-order chi connectivity index (χ0) is 17.5. The molecule has 2 aliphatic heterocycles. The van der Waals surface area contributed by atoms with E-state index in [9.17, 15) is 4.79 Å². The summed E-state index contributed by atoms with van der Waals surface area (Å²) in [6.07, 6.45) is 4.64. The molecule has 1 amide bonds. The van der Waals surface area contributed by atoms with Crippen LogP contribution in [0.2, 0.25) is 0 Å². The molecular weight excluding hydrogens is 443 g/mol. The molecule has 144 valence electrons. The summed E-state index contributed by atoms with van der Waals surface area (Å²) in [5, 5.41) is 9.68. The van der Waals surface area contributed by atoms with Crippen LogP contribution in [0, 0.1) is 5.41 Å². The van der Waals surface area contributed by atoms with E-state index in [1.807, 2.05) is 18.2 Å². The second-order valence-corrected chi connectivity index (χ2v) is 6.86. The third kappa shape index (κ3) is 5.46. The number of hydrogen-bond donors (Lipinski definition) is 3. The minimum Gasteiger partial charge on any atom is -0.368 e. The molecule has 1 unspecified atom stereocenters. The lowest BCUT2D eigenvalue weighted by atomic mass is 9.79. The smallest absolute Gasteiger partial charge is 0.220 e. The van der Waals surface area contributed by atoms with Crippen molar-refractivity contribution in [1.29, 1.82) is 0 Å². The third-order valence-electron chi connectivity index (χ3n) is 4.84. The van der Waals surface area contributed by atoms with Gasteiger partial charge in [0, 0.05) is 50.8 Å². The minimum atomic E-state index is 0. The van der Waals surface area contributed by atoms with Gasteiger partial charge in [-0.25, -0.2) is 4.98 Å². The van der Waals surface area contributed by atoms with Crippen molar-refractivity contribution in [1.82, 2.24) is 20.5 Å². The normalized spacial score (nSPS) is 22.7. The molecule has 0 aliphatic carbocycles. The lowest BCUT2D eigenvalue weighted by Crippen LogP contribution is -2.51. The second kappa shape index (κ2) is 9.94. The zero-order valence-electron chi connectivity index (χ0n) is 15.3. The molecule has 2 fully saturated rings. The molecule has 7 nitrogen and oxygen atoms in total. The van der Waals surface area contributed by atoms with Crippen molar-refractivity contribution < 1.29 is 4.79 Å². The van der Waals surface area contributed by atoms with Gasteiger partial charge in [-0.3, -0.25) is 9.79 Å². The number of carbonyl (C=O) groups excluding carboxylic acids is 1. The van der Waals surface area contributed by atoms with Gasteiger partial charge >= 0.3 is 0 Å². The number of rotatable bonds is 5. The van der Waals surface area contributed by atoms with Crippen molar-refractivity contribution in [3.8, 4) is 0 Å². The van der Waals surface area contributed by atoms with Crippen LogP contribution in [0.4, 0.5) is 5.82 Å². The lowest BCUT2D eigenvalue weighted by Gasteiger charge is -2.40. The maximum atomic E-state index is 11.7. The van der Waals surface area contributed by atoms with Gasteiger partial charge in [-0.2, -0.15) is 0 Å². The number of hydrogen-bond acceptors (Lipinski definition) is 4. The van der Waals surface area contributed by atoms with E-state index in [-0.39, 0.29) is 35.3 Å². The Morgan fingerprint density at radius 1 is 1.46 bits per heavy atom. The number of aliphatic imine (C=N–C) groups is 1. The fourth-order valence-electron chi connectivity index (χ4n) is 3.67. The van der Waals surface area contributed by atoms with Gasteiger partial charge in [0.2, 0.25) is 5.91 Å². The Morgan fingerprint density at radius 3 is 3.04 bits per heavy atom. The standard InChI is InChI=1S/C18H28N6O.HI/c1-2-19-17(22-10-9-21-15-6-3-4-8-20-15)24-11-5-7-18(14-24)12-16(25)23-13-18;/h3-4,6,8H,2,5,7,9-14H2,1H3,(H,19,22)(H,20,21)(H,23,25);1H. The minimum absolute atomic E-state index is 0. The number of likely N-dealkylation sites (tertiary alicyclic amines) is 1. The number of piperidine rings is 1. The molecule has 1 atom stereocenters. The Morgan fingerprint density at radius 2 is 2.35 bits per heavy atom. The second-order valence-electron chi connectivity index (χ2n) is 6.86. The fraction of sp³-hybridized carbons (Fsp3) is 0.611. The number of aromatic nitrogens is 1. The number of anilines is 1. The summed E-state index contributed by atoms with van der Waals surface area (Å²) in [6, 6.07) is 5.82. The van der Waals surface area contributed by atoms with Crippen molar-refractivity contribution in [3.05, 3.63) is 24.4 Å². The molecule has 0 aromatic carbocycles. The summed E-state index contributed by atoms with van der Waals surface area (Å²) in [4.78, 5) is 23.0. The number of halogens is 1. The molecule has 26 heavy (non-hydrogen) atoms. The molecule has 3 heterocycles. The van der Waals surface area contributed by atoms with Gasteiger partial charge in [0.15, 0.2) is 5.96 Å². The molecule has 1 aromatic rings. The summed E-state index contributed by atoms with van der Waals surface area (Å²) in [7, 11) is 0. The number of amides is 1. The van der Waals surface area contributed by atoms with Gasteiger partial charge in [0.05, 0.1) is 6.54 Å². The maximum Gasteiger partial charge on any atom is 0.220 e. The Kier molecular flexibility index (Phi) is 7.92. The average molecular weight is 472 g/mol. The van der Waals surface area contributed by atoms with Gasteiger partial charge in [-0.15, -0.1) is 24.0 Å². The molecule has 0 radical (unpaired) electrons.